The van der Waals surface area contributed by atoms with Gasteiger partial charge in [0, 0.05) is 11.6 Å². The van der Waals surface area contributed by atoms with E-state index < -0.39 is 10.0 Å². The fourth-order valence-electron chi connectivity index (χ4n) is 2.60. The van der Waals surface area contributed by atoms with Crippen molar-refractivity contribution < 1.29 is 13.2 Å². The molecule has 0 fully saturated rings. The zero-order chi connectivity index (χ0) is 19.3. The third-order valence-electron chi connectivity index (χ3n) is 4.17. The van der Waals surface area contributed by atoms with E-state index in [1.165, 1.54) is 0 Å². The van der Waals surface area contributed by atoms with Gasteiger partial charge in [0.15, 0.2) is 0 Å². The molecule has 140 valence electrons. The number of carbonyl (C=O) groups is 1. The number of nitrogens with zero attached hydrogens (tertiary/aromatic N) is 1. The maximum atomic E-state index is 12.4. The van der Waals surface area contributed by atoms with Crippen molar-refractivity contribution in [2.75, 3.05) is 23.7 Å². The van der Waals surface area contributed by atoms with Crippen molar-refractivity contribution in [1.82, 2.24) is 5.32 Å². The number of carbonyl (C=O) groups excluding carboxylic acids is 1. The Bertz CT molecular complexity index is 870. The monoisotopic (exact) mass is 394 g/mol. The van der Waals surface area contributed by atoms with E-state index in [0.29, 0.717) is 22.8 Å². The standard InChI is InChI=1S/C19H23ClN2O3S/c1-14(16-8-5-4-6-9-16)12-21-19(23)13-22(26(3,24)25)18-11-7-10-17(20)15(18)2/h4-11,14H,12-13H2,1-3H3,(H,21,23)/t14-/m1/s1. The van der Waals surface area contributed by atoms with Gasteiger partial charge in [-0.05, 0) is 36.1 Å². The molecule has 1 amide bonds. The van der Waals surface area contributed by atoms with Crippen LogP contribution in [0.1, 0.15) is 24.0 Å². The van der Waals surface area contributed by atoms with E-state index in [1.807, 2.05) is 37.3 Å². The van der Waals surface area contributed by atoms with Crippen molar-refractivity contribution in [2.45, 2.75) is 19.8 Å². The lowest BCUT2D eigenvalue weighted by Crippen LogP contribution is -2.41. The molecule has 2 aromatic rings. The summed E-state index contributed by atoms with van der Waals surface area (Å²) in [4.78, 5) is 12.4. The average Bonchev–Trinajstić information content (AvgIpc) is 2.60. The highest BCUT2D eigenvalue weighted by atomic mass is 35.5. The third-order valence-corrected chi connectivity index (χ3v) is 5.71. The van der Waals surface area contributed by atoms with Crippen LogP contribution >= 0.6 is 11.6 Å². The molecule has 0 saturated heterocycles. The first-order valence-corrected chi connectivity index (χ1v) is 10.5. The van der Waals surface area contributed by atoms with E-state index in [2.05, 4.69) is 5.32 Å². The molecule has 0 radical (unpaired) electrons. The third kappa shape index (κ3) is 5.22. The molecular weight excluding hydrogens is 372 g/mol. The lowest BCUT2D eigenvalue weighted by atomic mass is 10.0. The molecule has 0 bridgehead atoms. The summed E-state index contributed by atoms with van der Waals surface area (Å²) in [5, 5.41) is 3.26. The Morgan fingerprint density at radius 3 is 2.42 bits per heavy atom. The molecule has 5 nitrogen and oxygen atoms in total. The van der Waals surface area contributed by atoms with Gasteiger partial charge in [0.2, 0.25) is 15.9 Å². The van der Waals surface area contributed by atoms with Crippen molar-refractivity contribution >= 4 is 33.2 Å². The molecule has 0 unspecified atom stereocenters. The number of hydrogen-bond donors (Lipinski definition) is 1. The van der Waals surface area contributed by atoms with Gasteiger partial charge >= 0.3 is 0 Å². The van der Waals surface area contributed by atoms with Crippen LogP contribution in [-0.2, 0) is 14.8 Å². The van der Waals surface area contributed by atoms with E-state index in [-0.39, 0.29) is 18.4 Å². The molecule has 0 spiro atoms. The normalized spacial score (nSPS) is 12.5. The van der Waals surface area contributed by atoms with Crippen LogP contribution < -0.4 is 9.62 Å². The molecule has 0 aliphatic heterocycles. The van der Waals surface area contributed by atoms with Gasteiger partial charge in [-0.1, -0.05) is 54.9 Å². The van der Waals surface area contributed by atoms with Crippen molar-refractivity contribution in [2.24, 2.45) is 0 Å². The maximum Gasteiger partial charge on any atom is 0.240 e. The molecular formula is C19H23ClN2O3S. The van der Waals surface area contributed by atoms with Crippen LogP contribution in [0.15, 0.2) is 48.5 Å². The molecule has 7 heteroatoms. The fraction of sp³-hybridized carbons (Fsp3) is 0.316. The Balaban J connectivity index is 2.09. The minimum atomic E-state index is -3.63. The lowest BCUT2D eigenvalue weighted by molar-refractivity contribution is -0.119. The second-order valence-electron chi connectivity index (χ2n) is 6.27. The zero-order valence-electron chi connectivity index (χ0n) is 15.1. The second-order valence-corrected chi connectivity index (χ2v) is 8.58. The summed E-state index contributed by atoms with van der Waals surface area (Å²) in [6.07, 6.45) is 1.08. The first-order chi connectivity index (χ1) is 12.2. The quantitative estimate of drug-likeness (QED) is 0.783. The number of halogens is 1. The van der Waals surface area contributed by atoms with Crippen molar-refractivity contribution in [3.8, 4) is 0 Å². The van der Waals surface area contributed by atoms with Crippen LogP contribution in [0.3, 0.4) is 0 Å². The predicted octanol–water partition coefficient (Wildman–Crippen LogP) is 3.33. The summed E-state index contributed by atoms with van der Waals surface area (Å²) < 4.78 is 25.5. The summed E-state index contributed by atoms with van der Waals surface area (Å²) >= 11 is 6.09. The minimum absolute atomic E-state index is 0.125. The summed E-state index contributed by atoms with van der Waals surface area (Å²) in [7, 11) is -3.63. The number of rotatable bonds is 7. The zero-order valence-corrected chi connectivity index (χ0v) is 16.6. The van der Waals surface area contributed by atoms with Crippen LogP contribution in [-0.4, -0.2) is 33.7 Å². The molecule has 0 saturated carbocycles. The van der Waals surface area contributed by atoms with Gasteiger partial charge in [0.1, 0.15) is 6.54 Å². The van der Waals surface area contributed by atoms with E-state index in [4.69, 9.17) is 11.6 Å². The Hall–Kier alpha value is -2.05. The first kappa shape index (κ1) is 20.3. The number of nitrogens with one attached hydrogen (secondary N) is 1. The van der Waals surface area contributed by atoms with Gasteiger partial charge in [-0.25, -0.2) is 8.42 Å². The van der Waals surface area contributed by atoms with Crippen molar-refractivity contribution in [3.05, 3.63) is 64.7 Å². The van der Waals surface area contributed by atoms with Crippen molar-refractivity contribution in [3.63, 3.8) is 0 Å². The SMILES string of the molecule is Cc1c(Cl)cccc1N(CC(=O)NC[C@@H](C)c1ccccc1)S(C)(=O)=O. The lowest BCUT2D eigenvalue weighted by Gasteiger charge is -2.24. The van der Waals surface area contributed by atoms with Gasteiger partial charge in [-0.3, -0.25) is 9.10 Å². The Morgan fingerprint density at radius 2 is 1.81 bits per heavy atom. The average molecular weight is 395 g/mol. The minimum Gasteiger partial charge on any atom is -0.354 e. The van der Waals surface area contributed by atoms with Gasteiger partial charge < -0.3 is 5.32 Å². The molecule has 0 aliphatic rings. The molecule has 0 aliphatic carbocycles. The summed E-state index contributed by atoms with van der Waals surface area (Å²) in [5.41, 5.74) is 2.13. The molecule has 26 heavy (non-hydrogen) atoms. The number of hydrogen-bond acceptors (Lipinski definition) is 3. The Labute approximate surface area is 160 Å². The van der Waals surface area contributed by atoms with Crippen LogP contribution in [0.25, 0.3) is 0 Å². The van der Waals surface area contributed by atoms with E-state index in [0.717, 1.165) is 16.1 Å². The van der Waals surface area contributed by atoms with Gasteiger partial charge in [-0.2, -0.15) is 0 Å². The van der Waals surface area contributed by atoms with Gasteiger partial charge in [-0.15, -0.1) is 0 Å². The van der Waals surface area contributed by atoms with E-state index in [9.17, 15) is 13.2 Å². The number of amides is 1. The smallest absolute Gasteiger partial charge is 0.240 e. The summed E-state index contributed by atoms with van der Waals surface area (Å²) in [6.45, 7) is 3.87. The first-order valence-electron chi connectivity index (χ1n) is 8.24. The topological polar surface area (TPSA) is 66.5 Å². The second kappa shape index (κ2) is 8.56. The molecule has 1 N–H and O–H groups in total. The summed E-state index contributed by atoms with van der Waals surface area (Å²) in [5.74, 6) is -0.239. The van der Waals surface area contributed by atoms with Crippen LogP contribution in [0, 0.1) is 6.92 Å². The molecule has 0 aromatic heterocycles. The number of benzene rings is 2. The highest BCUT2D eigenvalue weighted by Crippen LogP contribution is 2.28. The number of sulfonamides is 1. The molecule has 0 heterocycles. The highest BCUT2D eigenvalue weighted by molar-refractivity contribution is 7.92. The Morgan fingerprint density at radius 1 is 1.15 bits per heavy atom. The maximum absolute atomic E-state index is 12.4. The van der Waals surface area contributed by atoms with Crippen molar-refractivity contribution in [1.29, 1.82) is 0 Å². The van der Waals surface area contributed by atoms with E-state index in [1.54, 1.807) is 25.1 Å². The summed E-state index contributed by atoms with van der Waals surface area (Å²) in [6, 6.07) is 14.8. The van der Waals surface area contributed by atoms with E-state index >= 15 is 0 Å². The largest absolute Gasteiger partial charge is 0.354 e. The van der Waals surface area contributed by atoms with Crippen LogP contribution in [0.2, 0.25) is 5.02 Å². The molecule has 2 aromatic carbocycles. The molecule has 2 rings (SSSR count). The van der Waals surface area contributed by atoms with Crippen LogP contribution in [0.5, 0.6) is 0 Å². The molecule has 1 atom stereocenters. The predicted molar refractivity (Wildman–Crippen MR) is 106 cm³/mol. The Kier molecular flexibility index (Phi) is 6.67. The van der Waals surface area contributed by atoms with Gasteiger partial charge in [0.25, 0.3) is 0 Å². The van der Waals surface area contributed by atoms with Gasteiger partial charge in [0.05, 0.1) is 11.9 Å². The van der Waals surface area contributed by atoms with Crippen LogP contribution in [0.4, 0.5) is 5.69 Å². The fourth-order valence-corrected chi connectivity index (χ4v) is 3.68. The highest BCUT2D eigenvalue weighted by Gasteiger charge is 2.23. The number of anilines is 1.